The Bertz CT molecular complexity index is 800. The molecule has 0 fully saturated rings. The van der Waals surface area contributed by atoms with Crippen LogP contribution in [0.25, 0.3) is 11.4 Å². The van der Waals surface area contributed by atoms with E-state index in [1.165, 1.54) is 23.1 Å². The second kappa shape index (κ2) is 7.93. The van der Waals surface area contributed by atoms with Crippen molar-refractivity contribution in [2.24, 2.45) is 0 Å². The van der Waals surface area contributed by atoms with Gasteiger partial charge in [-0.25, -0.2) is 0 Å². The topological polar surface area (TPSA) is 86.0 Å². The Morgan fingerprint density at radius 3 is 2.92 bits per heavy atom. The number of nitrogens with zero attached hydrogens (tertiary/aromatic N) is 4. The summed E-state index contributed by atoms with van der Waals surface area (Å²) >= 11 is 2.98. The van der Waals surface area contributed by atoms with Gasteiger partial charge in [-0.1, -0.05) is 34.3 Å². The fourth-order valence-electron chi connectivity index (χ4n) is 1.79. The third-order valence-electron chi connectivity index (χ3n) is 2.94. The van der Waals surface area contributed by atoms with Gasteiger partial charge in [0.2, 0.25) is 16.8 Å². The number of hydrogen-bond donors (Lipinski definition) is 1. The minimum absolute atomic E-state index is 0.541. The molecule has 0 aliphatic carbocycles. The summed E-state index contributed by atoms with van der Waals surface area (Å²) in [4.78, 5) is 4.40. The fraction of sp³-hybridized carbons (Fsp3) is 0.200. The lowest BCUT2D eigenvalue weighted by Crippen LogP contribution is -1.96. The van der Waals surface area contributed by atoms with Crippen LogP contribution in [-0.4, -0.2) is 34.0 Å². The van der Waals surface area contributed by atoms with Gasteiger partial charge < -0.3 is 14.6 Å². The first-order chi connectivity index (χ1) is 11.8. The predicted molar refractivity (Wildman–Crippen MR) is 94.4 cm³/mol. The van der Waals surface area contributed by atoms with E-state index in [-0.39, 0.29) is 0 Å². The van der Waals surface area contributed by atoms with Gasteiger partial charge >= 0.3 is 0 Å². The number of methoxy groups -OCH3 is 1. The number of ether oxygens (including phenoxy) is 1. The molecule has 1 N–H and O–H groups in total. The summed E-state index contributed by atoms with van der Waals surface area (Å²) in [5.74, 6) is 2.43. The molecule has 0 radical (unpaired) electrons. The van der Waals surface area contributed by atoms with Crippen LogP contribution in [0.2, 0.25) is 0 Å². The smallest absolute Gasteiger partial charge is 0.237 e. The Balaban J connectivity index is 1.59. The van der Waals surface area contributed by atoms with Gasteiger partial charge in [-0.2, -0.15) is 4.98 Å². The molecule has 0 saturated heterocycles. The van der Waals surface area contributed by atoms with E-state index in [0.717, 1.165) is 20.8 Å². The number of thioether (sulfide) groups is 1. The fourth-order valence-corrected chi connectivity index (χ4v) is 3.39. The highest BCUT2D eigenvalue weighted by Gasteiger charge is 2.11. The van der Waals surface area contributed by atoms with Gasteiger partial charge in [0.15, 0.2) is 4.34 Å². The molecule has 0 unspecified atom stereocenters. The van der Waals surface area contributed by atoms with Gasteiger partial charge in [-0.15, -0.1) is 16.8 Å². The van der Waals surface area contributed by atoms with E-state index in [0.29, 0.717) is 24.0 Å². The van der Waals surface area contributed by atoms with Gasteiger partial charge in [0, 0.05) is 12.1 Å². The summed E-state index contributed by atoms with van der Waals surface area (Å²) in [5.41, 5.74) is 0.877. The lowest BCUT2D eigenvalue weighted by atomic mass is 10.2. The van der Waals surface area contributed by atoms with Crippen LogP contribution in [0.3, 0.4) is 0 Å². The second-order valence-electron chi connectivity index (χ2n) is 4.57. The Labute approximate surface area is 147 Å². The third kappa shape index (κ3) is 4.12. The van der Waals surface area contributed by atoms with E-state index in [9.17, 15) is 0 Å². The van der Waals surface area contributed by atoms with Gasteiger partial charge in [0.05, 0.1) is 12.9 Å². The largest absolute Gasteiger partial charge is 0.497 e. The average molecular weight is 361 g/mol. The number of hydrogen-bond acceptors (Lipinski definition) is 9. The molecule has 3 aromatic rings. The molecule has 124 valence electrons. The van der Waals surface area contributed by atoms with Gasteiger partial charge in [-0.05, 0) is 24.3 Å². The lowest BCUT2D eigenvalue weighted by molar-refractivity contribution is 0.391. The molecule has 7 nitrogen and oxygen atoms in total. The predicted octanol–water partition coefficient (Wildman–Crippen LogP) is 3.49. The average Bonchev–Trinajstić information content (AvgIpc) is 3.27. The summed E-state index contributed by atoms with van der Waals surface area (Å²) < 4.78 is 11.3. The second-order valence-corrected chi connectivity index (χ2v) is 6.77. The van der Waals surface area contributed by atoms with Gasteiger partial charge in [0.25, 0.3) is 0 Å². The summed E-state index contributed by atoms with van der Waals surface area (Å²) in [6.07, 6.45) is 1.77. The maximum atomic E-state index is 5.28. The van der Waals surface area contributed by atoms with Crippen molar-refractivity contribution >= 4 is 28.2 Å². The van der Waals surface area contributed by atoms with Crippen LogP contribution >= 0.6 is 23.1 Å². The Morgan fingerprint density at radius 1 is 1.33 bits per heavy atom. The quantitative estimate of drug-likeness (QED) is 0.482. The van der Waals surface area contributed by atoms with Crippen LogP contribution in [0.4, 0.5) is 5.13 Å². The summed E-state index contributed by atoms with van der Waals surface area (Å²) in [6.45, 7) is 4.31. The van der Waals surface area contributed by atoms with Crippen LogP contribution in [0.15, 0.2) is 45.8 Å². The van der Waals surface area contributed by atoms with Crippen LogP contribution < -0.4 is 10.1 Å². The molecule has 2 aromatic heterocycles. The summed E-state index contributed by atoms with van der Waals surface area (Å²) in [5, 5.41) is 16.0. The maximum Gasteiger partial charge on any atom is 0.237 e. The zero-order valence-corrected chi connectivity index (χ0v) is 14.6. The van der Waals surface area contributed by atoms with Crippen molar-refractivity contribution in [2.45, 2.75) is 10.1 Å². The number of nitrogens with one attached hydrogen (secondary N) is 1. The molecule has 2 heterocycles. The van der Waals surface area contributed by atoms with Crippen molar-refractivity contribution in [2.75, 3.05) is 19.0 Å². The van der Waals surface area contributed by atoms with Crippen molar-refractivity contribution in [1.82, 2.24) is 20.3 Å². The monoisotopic (exact) mass is 361 g/mol. The highest BCUT2D eigenvalue weighted by atomic mass is 32.2. The molecule has 0 aliphatic heterocycles. The number of aromatic nitrogens is 4. The minimum atomic E-state index is 0.541. The summed E-state index contributed by atoms with van der Waals surface area (Å²) in [6, 6.07) is 7.50. The highest BCUT2D eigenvalue weighted by Crippen LogP contribution is 2.28. The zero-order valence-electron chi connectivity index (χ0n) is 12.9. The van der Waals surface area contributed by atoms with E-state index in [1.807, 2.05) is 24.3 Å². The van der Waals surface area contributed by atoms with Crippen molar-refractivity contribution in [3.63, 3.8) is 0 Å². The zero-order chi connectivity index (χ0) is 16.8. The normalized spacial score (nSPS) is 10.5. The molecule has 0 aliphatic rings. The van der Waals surface area contributed by atoms with E-state index in [2.05, 4.69) is 32.2 Å². The van der Waals surface area contributed by atoms with Gasteiger partial charge in [0.1, 0.15) is 5.75 Å². The number of anilines is 1. The van der Waals surface area contributed by atoms with Crippen molar-refractivity contribution in [1.29, 1.82) is 0 Å². The first-order valence-electron chi connectivity index (χ1n) is 7.06. The molecular weight excluding hydrogens is 346 g/mol. The molecule has 24 heavy (non-hydrogen) atoms. The van der Waals surface area contributed by atoms with Crippen LogP contribution in [0.5, 0.6) is 5.75 Å². The number of rotatable bonds is 8. The maximum absolute atomic E-state index is 5.28. The van der Waals surface area contributed by atoms with E-state index in [4.69, 9.17) is 9.26 Å². The molecule has 9 heteroatoms. The first kappa shape index (κ1) is 16.5. The van der Waals surface area contributed by atoms with Crippen molar-refractivity contribution in [3.05, 3.63) is 42.8 Å². The van der Waals surface area contributed by atoms with Crippen molar-refractivity contribution < 1.29 is 9.26 Å². The Hall–Kier alpha value is -2.39. The highest BCUT2D eigenvalue weighted by molar-refractivity contribution is 8.00. The molecule has 0 bridgehead atoms. The molecular formula is C15H15N5O2S2. The van der Waals surface area contributed by atoms with Gasteiger partial charge in [-0.3, -0.25) is 0 Å². The first-order valence-corrected chi connectivity index (χ1v) is 8.87. The third-order valence-corrected chi connectivity index (χ3v) is 4.94. The van der Waals surface area contributed by atoms with E-state index < -0.39 is 0 Å². The molecule has 0 amide bonds. The summed E-state index contributed by atoms with van der Waals surface area (Å²) in [7, 11) is 1.63. The van der Waals surface area contributed by atoms with E-state index in [1.54, 1.807) is 13.2 Å². The van der Waals surface area contributed by atoms with Crippen LogP contribution in [-0.2, 0) is 5.75 Å². The van der Waals surface area contributed by atoms with E-state index >= 15 is 0 Å². The number of benzene rings is 1. The minimum Gasteiger partial charge on any atom is -0.497 e. The SMILES string of the molecule is C=CCNc1nnc(SCc2nc(-c3ccc(OC)cc3)no2)s1. The Kier molecular flexibility index (Phi) is 5.44. The standard InChI is InChI=1S/C15H15N5O2S2/c1-3-8-16-14-18-19-15(24-14)23-9-12-17-13(20-22-12)10-4-6-11(21-2)7-5-10/h3-7H,1,8-9H2,2H3,(H,16,18). The van der Waals surface area contributed by atoms with Crippen LogP contribution in [0.1, 0.15) is 5.89 Å². The Morgan fingerprint density at radius 2 is 2.17 bits per heavy atom. The molecule has 0 spiro atoms. The van der Waals surface area contributed by atoms with Crippen molar-refractivity contribution in [3.8, 4) is 17.1 Å². The van der Waals surface area contributed by atoms with Crippen LogP contribution in [0, 0.1) is 0 Å². The molecule has 1 aromatic carbocycles. The lowest BCUT2D eigenvalue weighted by Gasteiger charge is -1.98. The molecule has 0 saturated carbocycles. The molecule has 3 rings (SSSR count). The molecule has 0 atom stereocenters.